The Bertz CT molecular complexity index is 244. The predicted octanol–water partition coefficient (Wildman–Crippen LogP) is 0.293. The van der Waals surface area contributed by atoms with E-state index in [1.54, 1.807) is 0 Å². The highest BCUT2D eigenvalue weighted by molar-refractivity contribution is 5.79. The van der Waals surface area contributed by atoms with Gasteiger partial charge < -0.3 is 10.2 Å². The Morgan fingerprint density at radius 3 is 3.00 bits per heavy atom. The summed E-state index contributed by atoms with van der Waals surface area (Å²) in [7, 11) is 0. The molecule has 0 bridgehead atoms. The van der Waals surface area contributed by atoms with Gasteiger partial charge in [-0.2, -0.15) is 0 Å². The quantitative estimate of drug-likeness (QED) is 0.750. The normalized spacial score (nSPS) is 28.4. The maximum atomic E-state index is 11.7. The largest absolute Gasteiger partial charge is 0.339 e. The van der Waals surface area contributed by atoms with Crippen molar-refractivity contribution in [1.82, 2.24) is 15.1 Å². The average molecular weight is 225 g/mol. The number of nitrogens with zero attached hydrogens (tertiary/aromatic N) is 2. The molecular weight excluding hydrogens is 202 g/mol. The molecule has 4 heteroatoms. The predicted molar refractivity (Wildman–Crippen MR) is 64.3 cm³/mol. The molecule has 1 amide bonds. The highest BCUT2D eigenvalue weighted by Gasteiger charge is 2.26. The second kappa shape index (κ2) is 5.64. The number of piperazine rings is 1. The standard InChI is InChI=1S/C12H23N3O/c1-2-14-7-4-3-5-11(14)10-15-8-6-13-9-12(15)16/h11,13H,2-10H2,1H3. The van der Waals surface area contributed by atoms with Crippen LogP contribution < -0.4 is 5.32 Å². The lowest BCUT2D eigenvalue weighted by Gasteiger charge is -2.39. The molecule has 0 aliphatic carbocycles. The molecule has 2 rings (SSSR count). The monoisotopic (exact) mass is 225 g/mol. The zero-order valence-corrected chi connectivity index (χ0v) is 10.2. The van der Waals surface area contributed by atoms with Gasteiger partial charge in [0.15, 0.2) is 0 Å². The van der Waals surface area contributed by atoms with Crippen molar-refractivity contribution in [1.29, 1.82) is 0 Å². The van der Waals surface area contributed by atoms with Crippen LogP contribution in [-0.4, -0.2) is 61.0 Å². The fraction of sp³-hybridized carbons (Fsp3) is 0.917. The lowest BCUT2D eigenvalue weighted by molar-refractivity contribution is -0.133. The van der Waals surface area contributed by atoms with E-state index in [9.17, 15) is 4.79 Å². The smallest absolute Gasteiger partial charge is 0.236 e. The summed E-state index contributed by atoms with van der Waals surface area (Å²) < 4.78 is 0. The van der Waals surface area contributed by atoms with Gasteiger partial charge in [0.05, 0.1) is 6.54 Å². The minimum absolute atomic E-state index is 0.271. The first-order valence-corrected chi connectivity index (χ1v) is 6.54. The van der Waals surface area contributed by atoms with Crippen molar-refractivity contribution in [3.63, 3.8) is 0 Å². The molecule has 0 aromatic carbocycles. The summed E-state index contributed by atoms with van der Waals surface area (Å²) in [6.45, 7) is 7.84. The molecule has 0 aromatic rings. The van der Waals surface area contributed by atoms with E-state index in [0.717, 1.165) is 26.2 Å². The molecule has 2 saturated heterocycles. The first-order valence-electron chi connectivity index (χ1n) is 6.54. The van der Waals surface area contributed by atoms with Crippen LogP contribution in [0.25, 0.3) is 0 Å². The third-order valence-corrected chi connectivity index (χ3v) is 3.77. The van der Waals surface area contributed by atoms with Crippen molar-refractivity contribution in [2.24, 2.45) is 0 Å². The van der Waals surface area contributed by atoms with E-state index in [1.807, 2.05) is 4.90 Å². The summed E-state index contributed by atoms with van der Waals surface area (Å²) in [5.74, 6) is 0.271. The molecular formula is C12H23N3O. The Balaban J connectivity index is 1.88. The van der Waals surface area contributed by atoms with Crippen LogP contribution in [-0.2, 0) is 4.79 Å². The van der Waals surface area contributed by atoms with E-state index in [4.69, 9.17) is 0 Å². The van der Waals surface area contributed by atoms with Crippen LogP contribution in [0.4, 0.5) is 0 Å². The molecule has 92 valence electrons. The van der Waals surface area contributed by atoms with Crippen LogP contribution in [0.5, 0.6) is 0 Å². The molecule has 0 spiro atoms. The molecule has 2 heterocycles. The van der Waals surface area contributed by atoms with Gasteiger partial charge in [-0.15, -0.1) is 0 Å². The van der Waals surface area contributed by atoms with Crippen molar-refractivity contribution in [3.05, 3.63) is 0 Å². The van der Waals surface area contributed by atoms with Gasteiger partial charge in [0, 0.05) is 25.7 Å². The first kappa shape index (κ1) is 11.9. The third-order valence-electron chi connectivity index (χ3n) is 3.77. The van der Waals surface area contributed by atoms with Crippen LogP contribution in [0.15, 0.2) is 0 Å². The Morgan fingerprint density at radius 2 is 2.25 bits per heavy atom. The van der Waals surface area contributed by atoms with E-state index >= 15 is 0 Å². The minimum atomic E-state index is 0.271. The second-order valence-electron chi connectivity index (χ2n) is 4.79. The van der Waals surface area contributed by atoms with Gasteiger partial charge in [-0.05, 0) is 25.9 Å². The Hall–Kier alpha value is -0.610. The minimum Gasteiger partial charge on any atom is -0.339 e. The molecule has 2 aliphatic rings. The van der Waals surface area contributed by atoms with Crippen LogP contribution in [0.3, 0.4) is 0 Å². The van der Waals surface area contributed by atoms with Crippen molar-refractivity contribution >= 4 is 5.91 Å². The summed E-state index contributed by atoms with van der Waals surface area (Å²) in [6.07, 6.45) is 3.90. The molecule has 1 atom stereocenters. The zero-order chi connectivity index (χ0) is 11.4. The van der Waals surface area contributed by atoms with E-state index in [-0.39, 0.29) is 5.91 Å². The van der Waals surface area contributed by atoms with Crippen LogP contribution in [0.1, 0.15) is 26.2 Å². The summed E-state index contributed by atoms with van der Waals surface area (Å²) in [6, 6.07) is 0.598. The number of hydrogen-bond acceptors (Lipinski definition) is 3. The summed E-state index contributed by atoms with van der Waals surface area (Å²) in [5.41, 5.74) is 0. The molecule has 2 aliphatic heterocycles. The maximum absolute atomic E-state index is 11.7. The Kier molecular flexibility index (Phi) is 4.18. The molecule has 0 saturated carbocycles. The van der Waals surface area contributed by atoms with Gasteiger partial charge in [0.1, 0.15) is 0 Å². The summed E-state index contributed by atoms with van der Waals surface area (Å²) >= 11 is 0. The SMILES string of the molecule is CCN1CCCCC1CN1CCNCC1=O. The van der Waals surface area contributed by atoms with Crippen LogP contribution in [0.2, 0.25) is 0 Å². The van der Waals surface area contributed by atoms with Gasteiger partial charge in [-0.1, -0.05) is 13.3 Å². The Morgan fingerprint density at radius 1 is 1.38 bits per heavy atom. The highest BCUT2D eigenvalue weighted by atomic mass is 16.2. The second-order valence-corrected chi connectivity index (χ2v) is 4.79. The van der Waals surface area contributed by atoms with Crippen molar-refractivity contribution in [2.75, 3.05) is 39.3 Å². The van der Waals surface area contributed by atoms with E-state index in [0.29, 0.717) is 12.6 Å². The number of carbonyl (C=O) groups is 1. The highest BCUT2D eigenvalue weighted by Crippen LogP contribution is 2.17. The number of carbonyl (C=O) groups excluding carboxylic acids is 1. The molecule has 2 fully saturated rings. The van der Waals surface area contributed by atoms with E-state index in [2.05, 4.69) is 17.1 Å². The molecule has 0 aromatic heterocycles. The number of nitrogens with one attached hydrogen (secondary N) is 1. The zero-order valence-electron chi connectivity index (χ0n) is 10.2. The molecule has 1 N–H and O–H groups in total. The van der Waals surface area contributed by atoms with Crippen LogP contribution >= 0.6 is 0 Å². The Labute approximate surface area is 98.0 Å². The number of likely N-dealkylation sites (tertiary alicyclic amines) is 1. The topological polar surface area (TPSA) is 35.6 Å². The fourth-order valence-electron chi connectivity index (χ4n) is 2.78. The van der Waals surface area contributed by atoms with Crippen LogP contribution in [0, 0.1) is 0 Å². The third kappa shape index (κ3) is 2.74. The van der Waals surface area contributed by atoms with Gasteiger partial charge in [0.2, 0.25) is 5.91 Å². The first-order chi connectivity index (χ1) is 7.81. The lowest BCUT2D eigenvalue weighted by Crippen LogP contribution is -2.54. The fourth-order valence-corrected chi connectivity index (χ4v) is 2.78. The average Bonchev–Trinajstić information content (AvgIpc) is 2.33. The molecule has 1 unspecified atom stereocenters. The van der Waals surface area contributed by atoms with Gasteiger partial charge in [-0.25, -0.2) is 0 Å². The number of likely N-dealkylation sites (N-methyl/N-ethyl adjacent to an activating group) is 1. The number of amides is 1. The maximum Gasteiger partial charge on any atom is 0.236 e. The molecule has 4 nitrogen and oxygen atoms in total. The van der Waals surface area contributed by atoms with E-state index in [1.165, 1.54) is 25.8 Å². The summed E-state index contributed by atoms with van der Waals surface area (Å²) in [4.78, 5) is 16.3. The van der Waals surface area contributed by atoms with Crippen molar-refractivity contribution < 1.29 is 4.79 Å². The van der Waals surface area contributed by atoms with Gasteiger partial charge in [0.25, 0.3) is 0 Å². The lowest BCUT2D eigenvalue weighted by atomic mass is 10.0. The number of rotatable bonds is 3. The molecule has 0 radical (unpaired) electrons. The van der Waals surface area contributed by atoms with E-state index < -0.39 is 0 Å². The van der Waals surface area contributed by atoms with Gasteiger partial charge in [-0.3, -0.25) is 9.69 Å². The number of piperidine rings is 1. The van der Waals surface area contributed by atoms with Crippen molar-refractivity contribution in [2.45, 2.75) is 32.2 Å². The summed E-state index contributed by atoms with van der Waals surface area (Å²) in [5, 5.41) is 3.12. The van der Waals surface area contributed by atoms with Crippen molar-refractivity contribution in [3.8, 4) is 0 Å². The number of hydrogen-bond donors (Lipinski definition) is 1. The molecule has 16 heavy (non-hydrogen) atoms. The van der Waals surface area contributed by atoms with Gasteiger partial charge >= 0.3 is 0 Å².